The molecule has 0 unspecified atom stereocenters. The summed E-state index contributed by atoms with van der Waals surface area (Å²) < 4.78 is 1.67. The van der Waals surface area contributed by atoms with Crippen LogP contribution in [-0.4, -0.2) is 14.8 Å². The number of fused-ring (bicyclic) bond motifs is 1. The number of rotatable bonds is 0. The molecule has 0 aliphatic heterocycles. The lowest BCUT2D eigenvalue weighted by Crippen LogP contribution is -2.15. The number of aromatic nitrogens is 3. The molecule has 0 saturated heterocycles. The molecule has 0 amide bonds. The second kappa shape index (κ2) is 3.35. The van der Waals surface area contributed by atoms with E-state index >= 15 is 0 Å². The molecule has 0 atom stereocenters. The van der Waals surface area contributed by atoms with Crippen LogP contribution in [0.15, 0.2) is 11.0 Å². The van der Waals surface area contributed by atoms with E-state index in [1.165, 1.54) is 6.20 Å². The van der Waals surface area contributed by atoms with Crippen molar-refractivity contribution < 1.29 is 0 Å². The largest absolute Gasteiger partial charge is 0.345 e. The minimum Gasteiger partial charge on any atom is -0.345 e. The highest BCUT2D eigenvalue weighted by atomic mass is 35.5. The quantitative estimate of drug-likeness (QED) is 0.766. The van der Waals surface area contributed by atoms with Crippen LogP contribution in [0.1, 0.15) is 26.5 Å². The topological polar surface area (TPSA) is 50.7 Å². The Morgan fingerprint density at radius 1 is 1.44 bits per heavy atom. The summed E-state index contributed by atoms with van der Waals surface area (Å²) in [4.78, 5) is 15.0. The fraction of sp³-hybridized carbons (Fsp3) is 0.455. The third-order valence-corrected chi connectivity index (χ3v) is 2.82. The minimum absolute atomic E-state index is 0.159. The van der Waals surface area contributed by atoms with E-state index in [4.69, 9.17) is 11.6 Å². The normalized spacial score (nSPS) is 12.3. The molecule has 0 aromatic carbocycles. The average Bonchev–Trinajstić information content (AvgIpc) is 2.50. The Morgan fingerprint density at radius 2 is 2.06 bits per heavy atom. The molecule has 86 valence electrons. The van der Waals surface area contributed by atoms with Gasteiger partial charge in [0.2, 0.25) is 5.43 Å². The molecular formula is C11H14ClN3O. The SMILES string of the molecule is Cn1nc(C(C)(C)C)c2c(=O)c(Cl)c[nH]c21. The number of nitrogens with one attached hydrogen (secondary N) is 1. The predicted octanol–water partition coefficient (Wildman–Crippen LogP) is 2.21. The molecule has 0 spiro atoms. The smallest absolute Gasteiger partial charge is 0.211 e. The lowest BCUT2D eigenvalue weighted by molar-refractivity contribution is 0.557. The number of hydrogen-bond acceptors (Lipinski definition) is 2. The van der Waals surface area contributed by atoms with Gasteiger partial charge in [0.15, 0.2) is 0 Å². The molecule has 0 bridgehead atoms. The van der Waals surface area contributed by atoms with Crippen LogP contribution in [0.2, 0.25) is 5.02 Å². The van der Waals surface area contributed by atoms with Crippen molar-refractivity contribution in [3.05, 3.63) is 27.1 Å². The van der Waals surface area contributed by atoms with Crippen molar-refractivity contribution in [3.63, 3.8) is 0 Å². The van der Waals surface area contributed by atoms with E-state index in [9.17, 15) is 4.79 Å². The highest BCUT2D eigenvalue weighted by Crippen LogP contribution is 2.26. The van der Waals surface area contributed by atoms with Gasteiger partial charge in [-0.15, -0.1) is 0 Å². The van der Waals surface area contributed by atoms with Gasteiger partial charge in [-0.05, 0) is 0 Å². The Hall–Kier alpha value is -1.29. The van der Waals surface area contributed by atoms with E-state index in [0.29, 0.717) is 11.0 Å². The Balaban J connectivity index is 2.98. The van der Waals surface area contributed by atoms with Crippen LogP contribution in [-0.2, 0) is 12.5 Å². The zero-order chi connectivity index (χ0) is 12.1. The molecule has 5 heteroatoms. The van der Waals surface area contributed by atoms with Gasteiger partial charge in [-0.25, -0.2) is 0 Å². The Labute approximate surface area is 98.2 Å². The first kappa shape index (κ1) is 11.2. The van der Waals surface area contributed by atoms with Crippen molar-refractivity contribution in [1.82, 2.24) is 14.8 Å². The maximum absolute atomic E-state index is 12.0. The van der Waals surface area contributed by atoms with Gasteiger partial charge in [-0.3, -0.25) is 9.48 Å². The molecule has 2 heterocycles. The number of aryl methyl sites for hydroxylation is 1. The van der Waals surface area contributed by atoms with E-state index in [2.05, 4.69) is 10.1 Å². The first-order valence-corrected chi connectivity index (χ1v) is 5.44. The van der Waals surface area contributed by atoms with Crippen molar-refractivity contribution in [3.8, 4) is 0 Å². The second-order valence-corrected chi connectivity index (χ2v) is 5.32. The molecule has 0 radical (unpaired) electrons. The monoisotopic (exact) mass is 239 g/mol. The molecular weight excluding hydrogens is 226 g/mol. The van der Waals surface area contributed by atoms with Gasteiger partial charge in [0.25, 0.3) is 0 Å². The number of aromatic amines is 1. The Bertz CT molecular complexity index is 604. The number of hydrogen-bond donors (Lipinski definition) is 1. The van der Waals surface area contributed by atoms with E-state index in [1.54, 1.807) is 11.7 Å². The summed E-state index contributed by atoms with van der Waals surface area (Å²) in [7, 11) is 1.81. The van der Waals surface area contributed by atoms with Crippen LogP contribution in [0.3, 0.4) is 0 Å². The average molecular weight is 240 g/mol. The summed E-state index contributed by atoms with van der Waals surface area (Å²) in [6.07, 6.45) is 1.50. The lowest BCUT2D eigenvalue weighted by Gasteiger charge is -2.14. The number of halogens is 1. The maximum atomic E-state index is 12.0. The third kappa shape index (κ3) is 1.53. The summed E-state index contributed by atoms with van der Waals surface area (Å²) >= 11 is 5.84. The van der Waals surface area contributed by atoms with Crippen molar-refractivity contribution in [2.45, 2.75) is 26.2 Å². The highest BCUT2D eigenvalue weighted by Gasteiger charge is 2.24. The van der Waals surface area contributed by atoms with Gasteiger partial charge in [0, 0.05) is 18.7 Å². The van der Waals surface area contributed by atoms with E-state index in [-0.39, 0.29) is 15.9 Å². The fourth-order valence-electron chi connectivity index (χ4n) is 1.75. The first-order chi connectivity index (χ1) is 7.32. The fourth-order valence-corrected chi connectivity index (χ4v) is 1.90. The van der Waals surface area contributed by atoms with Gasteiger partial charge in [-0.2, -0.15) is 5.10 Å². The highest BCUT2D eigenvalue weighted by molar-refractivity contribution is 6.31. The van der Waals surface area contributed by atoms with Gasteiger partial charge in [-0.1, -0.05) is 32.4 Å². The lowest BCUT2D eigenvalue weighted by atomic mass is 9.90. The first-order valence-electron chi connectivity index (χ1n) is 5.06. The van der Waals surface area contributed by atoms with E-state index in [1.807, 2.05) is 20.8 Å². The van der Waals surface area contributed by atoms with Crippen molar-refractivity contribution in [1.29, 1.82) is 0 Å². The van der Waals surface area contributed by atoms with Crippen LogP contribution in [0.4, 0.5) is 0 Å². The molecule has 0 saturated carbocycles. The number of nitrogens with zero attached hydrogens (tertiary/aromatic N) is 2. The number of pyridine rings is 1. The van der Waals surface area contributed by atoms with E-state index < -0.39 is 0 Å². The van der Waals surface area contributed by atoms with Gasteiger partial charge >= 0.3 is 0 Å². The molecule has 2 rings (SSSR count). The van der Waals surface area contributed by atoms with Crippen molar-refractivity contribution in [2.24, 2.45) is 7.05 Å². The van der Waals surface area contributed by atoms with E-state index in [0.717, 1.165) is 5.69 Å². The summed E-state index contributed by atoms with van der Waals surface area (Å²) in [5.74, 6) is 0. The van der Waals surface area contributed by atoms with Crippen LogP contribution in [0, 0.1) is 0 Å². The summed E-state index contributed by atoms with van der Waals surface area (Å²) in [5, 5.41) is 5.18. The Morgan fingerprint density at radius 3 is 2.62 bits per heavy atom. The standard InChI is InChI=1S/C11H14ClN3O/c1-11(2,3)9-7-8(16)6(12)5-13-10(7)15(4)14-9/h5H,1-4H3,(H,13,16). The predicted molar refractivity (Wildman–Crippen MR) is 65.0 cm³/mol. The molecule has 0 aliphatic carbocycles. The van der Waals surface area contributed by atoms with Gasteiger partial charge in [0.05, 0.1) is 11.1 Å². The molecule has 2 aromatic rings. The van der Waals surface area contributed by atoms with Crippen LogP contribution in [0.25, 0.3) is 11.0 Å². The molecule has 2 aromatic heterocycles. The zero-order valence-corrected chi connectivity index (χ0v) is 10.5. The van der Waals surface area contributed by atoms with Crippen LogP contribution in [0.5, 0.6) is 0 Å². The zero-order valence-electron chi connectivity index (χ0n) is 9.76. The van der Waals surface area contributed by atoms with Gasteiger partial charge < -0.3 is 4.98 Å². The minimum atomic E-state index is -0.183. The number of H-pyrrole nitrogens is 1. The summed E-state index contributed by atoms with van der Waals surface area (Å²) in [6, 6.07) is 0. The molecule has 1 N–H and O–H groups in total. The van der Waals surface area contributed by atoms with Gasteiger partial charge in [0.1, 0.15) is 10.7 Å². The molecule has 0 aliphatic rings. The van der Waals surface area contributed by atoms with Crippen LogP contribution < -0.4 is 5.43 Å². The second-order valence-electron chi connectivity index (χ2n) is 4.91. The molecule has 16 heavy (non-hydrogen) atoms. The molecule has 0 fully saturated rings. The van der Waals surface area contributed by atoms with Crippen LogP contribution >= 0.6 is 11.6 Å². The molecule has 4 nitrogen and oxygen atoms in total. The van der Waals surface area contributed by atoms with Crippen molar-refractivity contribution in [2.75, 3.05) is 0 Å². The Kier molecular flexibility index (Phi) is 2.35. The third-order valence-electron chi connectivity index (χ3n) is 2.54. The summed E-state index contributed by atoms with van der Waals surface area (Å²) in [5.41, 5.74) is 1.14. The maximum Gasteiger partial charge on any atom is 0.211 e. The van der Waals surface area contributed by atoms with Crippen molar-refractivity contribution >= 4 is 22.6 Å². The summed E-state index contributed by atoms with van der Waals surface area (Å²) in [6.45, 7) is 6.07.